The predicted molar refractivity (Wildman–Crippen MR) is 83.2 cm³/mol. The van der Waals surface area contributed by atoms with Crippen molar-refractivity contribution < 1.29 is 0 Å². The lowest BCUT2D eigenvalue weighted by Crippen LogP contribution is -2.61. The molecule has 0 spiro atoms. The Bertz CT molecular complexity index is 294. The van der Waals surface area contributed by atoms with Crippen molar-refractivity contribution in [3.63, 3.8) is 0 Å². The van der Waals surface area contributed by atoms with Gasteiger partial charge in [0, 0.05) is 18.1 Å². The summed E-state index contributed by atoms with van der Waals surface area (Å²) >= 11 is 0. The van der Waals surface area contributed by atoms with E-state index in [1.807, 2.05) is 0 Å². The molecule has 2 aliphatic rings. The molecule has 2 atom stereocenters. The monoisotopic (exact) mass is 266 g/mol. The quantitative estimate of drug-likeness (QED) is 0.838. The Labute approximate surface area is 120 Å². The van der Waals surface area contributed by atoms with E-state index < -0.39 is 0 Å². The molecular formula is C17H34N2. The summed E-state index contributed by atoms with van der Waals surface area (Å²) in [7, 11) is 0. The maximum atomic E-state index is 6.32. The topological polar surface area (TPSA) is 29.3 Å². The van der Waals surface area contributed by atoms with Crippen molar-refractivity contribution in [2.75, 3.05) is 13.1 Å². The van der Waals surface area contributed by atoms with E-state index in [1.165, 1.54) is 51.5 Å². The largest absolute Gasteiger partial charge is 0.329 e. The normalized spacial score (nSPS) is 36.0. The average molecular weight is 266 g/mol. The second-order valence-electron chi connectivity index (χ2n) is 8.01. The van der Waals surface area contributed by atoms with Gasteiger partial charge in [-0.2, -0.15) is 0 Å². The Balaban J connectivity index is 2.23. The number of likely N-dealkylation sites (N-methyl/N-ethyl adjacent to an activating group) is 1. The van der Waals surface area contributed by atoms with Crippen molar-refractivity contribution in [3.05, 3.63) is 0 Å². The summed E-state index contributed by atoms with van der Waals surface area (Å²) in [4.78, 5) is 2.80. The van der Waals surface area contributed by atoms with Crippen molar-refractivity contribution in [2.24, 2.45) is 17.1 Å². The summed E-state index contributed by atoms with van der Waals surface area (Å²) in [5.74, 6) is 0.808. The molecule has 19 heavy (non-hydrogen) atoms. The van der Waals surface area contributed by atoms with Gasteiger partial charge in [-0.1, -0.05) is 40.5 Å². The first-order chi connectivity index (χ1) is 8.92. The fraction of sp³-hybridized carbons (Fsp3) is 1.00. The standard InChI is InChI=1S/C17H34N2/c1-5-19(15-8-6-7-9-15)17(13-18)11-14(2)10-16(3,4)12-17/h14-15H,5-13,18H2,1-4H3. The smallest absolute Gasteiger partial charge is 0.0342 e. The van der Waals surface area contributed by atoms with Gasteiger partial charge >= 0.3 is 0 Å². The minimum absolute atomic E-state index is 0.269. The Morgan fingerprint density at radius 2 is 1.79 bits per heavy atom. The van der Waals surface area contributed by atoms with Crippen LogP contribution in [0.5, 0.6) is 0 Å². The highest BCUT2D eigenvalue weighted by atomic mass is 15.2. The molecule has 2 N–H and O–H groups in total. The Hall–Kier alpha value is -0.0800. The van der Waals surface area contributed by atoms with E-state index in [0.29, 0.717) is 5.41 Å². The summed E-state index contributed by atoms with van der Waals surface area (Å²) in [6, 6.07) is 0.801. The van der Waals surface area contributed by atoms with Gasteiger partial charge in [-0.25, -0.2) is 0 Å². The Morgan fingerprint density at radius 1 is 1.16 bits per heavy atom. The molecule has 0 aliphatic heterocycles. The van der Waals surface area contributed by atoms with Crippen LogP contribution in [0.25, 0.3) is 0 Å². The van der Waals surface area contributed by atoms with Crippen LogP contribution >= 0.6 is 0 Å². The van der Waals surface area contributed by atoms with Gasteiger partial charge in [0.25, 0.3) is 0 Å². The van der Waals surface area contributed by atoms with Crippen LogP contribution in [0.2, 0.25) is 0 Å². The van der Waals surface area contributed by atoms with Gasteiger partial charge in [0.2, 0.25) is 0 Å². The van der Waals surface area contributed by atoms with E-state index in [2.05, 4.69) is 32.6 Å². The molecule has 0 aromatic carbocycles. The lowest BCUT2D eigenvalue weighted by atomic mass is 9.63. The highest BCUT2D eigenvalue weighted by molar-refractivity contribution is 5.03. The molecule has 2 heteroatoms. The third kappa shape index (κ3) is 3.16. The van der Waals surface area contributed by atoms with Gasteiger partial charge in [0.1, 0.15) is 0 Å². The van der Waals surface area contributed by atoms with Gasteiger partial charge < -0.3 is 5.73 Å². The van der Waals surface area contributed by atoms with Crippen LogP contribution in [0.15, 0.2) is 0 Å². The molecule has 0 amide bonds. The van der Waals surface area contributed by atoms with Crippen molar-refractivity contribution in [3.8, 4) is 0 Å². The van der Waals surface area contributed by atoms with Crippen LogP contribution in [0, 0.1) is 11.3 Å². The molecule has 2 fully saturated rings. The van der Waals surface area contributed by atoms with Crippen molar-refractivity contribution in [2.45, 2.75) is 84.2 Å². The summed E-state index contributed by atoms with van der Waals surface area (Å²) < 4.78 is 0. The van der Waals surface area contributed by atoms with Crippen molar-refractivity contribution in [1.82, 2.24) is 4.90 Å². The summed E-state index contributed by atoms with van der Waals surface area (Å²) in [6.07, 6.45) is 9.57. The van der Waals surface area contributed by atoms with Crippen LogP contribution < -0.4 is 5.73 Å². The number of hydrogen-bond donors (Lipinski definition) is 1. The average Bonchev–Trinajstić information content (AvgIpc) is 2.80. The molecular weight excluding hydrogens is 232 g/mol. The highest BCUT2D eigenvalue weighted by Crippen LogP contribution is 2.47. The van der Waals surface area contributed by atoms with Crippen LogP contribution in [-0.4, -0.2) is 29.6 Å². The molecule has 0 bridgehead atoms. The summed E-state index contributed by atoms with van der Waals surface area (Å²) in [5, 5.41) is 0. The zero-order chi connectivity index (χ0) is 14.1. The lowest BCUT2D eigenvalue weighted by molar-refractivity contribution is -0.0320. The second-order valence-corrected chi connectivity index (χ2v) is 8.01. The van der Waals surface area contributed by atoms with E-state index in [4.69, 9.17) is 5.73 Å². The molecule has 2 nitrogen and oxygen atoms in total. The molecule has 0 saturated heterocycles. The van der Waals surface area contributed by atoms with Crippen molar-refractivity contribution in [1.29, 1.82) is 0 Å². The highest BCUT2D eigenvalue weighted by Gasteiger charge is 2.47. The van der Waals surface area contributed by atoms with E-state index in [-0.39, 0.29) is 5.54 Å². The van der Waals surface area contributed by atoms with Crippen LogP contribution in [0.1, 0.15) is 72.6 Å². The fourth-order valence-corrected chi connectivity index (χ4v) is 5.39. The predicted octanol–water partition coefficient (Wildman–Crippen LogP) is 3.79. The molecule has 2 rings (SSSR count). The van der Waals surface area contributed by atoms with Crippen LogP contribution in [0.3, 0.4) is 0 Å². The summed E-state index contributed by atoms with van der Waals surface area (Å²) in [6.45, 7) is 11.6. The maximum Gasteiger partial charge on any atom is 0.0342 e. The third-order valence-electron chi connectivity index (χ3n) is 5.53. The van der Waals surface area contributed by atoms with E-state index in [9.17, 15) is 0 Å². The van der Waals surface area contributed by atoms with E-state index in [1.54, 1.807) is 0 Å². The Morgan fingerprint density at radius 3 is 2.26 bits per heavy atom. The second kappa shape index (κ2) is 5.73. The van der Waals surface area contributed by atoms with Gasteiger partial charge in [-0.05, 0) is 50.0 Å². The lowest BCUT2D eigenvalue weighted by Gasteiger charge is -2.54. The molecule has 0 heterocycles. The molecule has 112 valence electrons. The molecule has 0 aromatic heterocycles. The zero-order valence-corrected chi connectivity index (χ0v) is 13.5. The van der Waals surface area contributed by atoms with Gasteiger partial charge in [0.05, 0.1) is 0 Å². The molecule has 2 unspecified atom stereocenters. The molecule has 2 saturated carbocycles. The number of nitrogens with zero attached hydrogens (tertiary/aromatic N) is 1. The first-order valence-corrected chi connectivity index (χ1v) is 8.39. The van der Waals surface area contributed by atoms with Gasteiger partial charge in [-0.3, -0.25) is 4.90 Å². The Kier molecular flexibility index (Phi) is 4.62. The first-order valence-electron chi connectivity index (χ1n) is 8.39. The zero-order valence-electron chi connectivity index (χ0n) is 13.5. The van der Waals surface area contributed by atoms with E-state index >= 15 is 0 Å². The SMILES string of the molecule is CCN(C1CCCC1)C1(CN)CC(C)CC(C)(C)C1. The molecule has 0 aromatic rings. The summed E-state index contributed by atoms with van der Waals surface area (Å²) in [5.41, 5.74) is 7.04. The molecule has 2 aliphatic carbocycles. The van der Waals surface area contributed by atoms with Crippen LogP contribution in [0.4, 0.5) is 0 Å². The number of rotatable bonds is 4. The minimum Gasteiger partial charge on any atom is -0.329 e. The number of nitrogens with two attached hydrogens (primary N) is 1. The van der Waals surface area contributed by atoms with Crippen LogP contribution in [-0.2, 0) is 0 Å². The first kappa shape index (κ1) is 15.3. The van der Waals surface area contributed by atoms with E-state index in [0.717, 1.165) is 18.5 Å². The maximum absolute atomic E-state index is 6.32. The van der Waals surface area contributed by atoms with Crippen molar-refractivity contribution >= 4 is 0 Å². The minimum atomic E-state index is 0.269. The number of hydrogen-bond acceptors (Lipinski definition) is 2. The van der Waals surface area contributed by atoms with Gasteiger partial charge in [0.15, 0.2) is 0 Å². The molecule has 0 radical (unpaired) electrons. The van der Waals surface area contributed by atoms with Gasteiger partial charge in [-0.15, -0.1) is 0 Å². The fourth-order valence-electron chi connectivity index (χ4n) is 5.39. The third-order valence-corrected chi connectivity index (χ3v) is 5.53.